The molecular weight excluding hydrogens is 831 g/mol. The first-order valence-electron chi connectivity index (χ1n) is 23.0. The molecule has 0 atom stereocenters. The summed E-state index contributed by atoms with van der Waals surface area (Å²) in [5.74, 6) is 1.26. The molecule has 3 heterocycles. The number of benzene rings is 8. The minimum Gasteiger partial charge on any atom is -0.309 e. The summed E-state index contributed by atoms with van der Waals surface area (Å²) in [7, 11) is 0. The molecule has 326 valence electrons. The summed E-state index contributed by atoms with van der Waals surface area (Å²) in [5.41, 5.74) is 13.2. The Balaban J connectivity index is 1.12. The zero-order chi connectivity index (χ0) is 46.9. The first-order valence-corrected chi connectivity index (χ1v) is 23.0. The van der Waals surface area contributed by atoms with Crippen LogP contribution in [0.4, 0.5) is 0 Å². The molecule has 68 heavy (non-hydrogen) atoms. The normalized spacial score (nSPS) is 11.9. The van der Waals surface area contributed by atoms with Gasteiger partial charge in [-0.1, -0.05) is 139 Å². The third kappa shape index (κ3) is 7.08. The van der Waals surface area contributed by atoms with Crippen molar-refractivity contribution < 1.29 is 0 Å². The highest BCUT2D eigenvalue weighted by molar-refractivity contribution is 6.11. The van der Waals surface area contributed by atoms with Crippen LogP contribution in [0.3, 0.4) is 0 Å². The molecule has 11 aromatic rings. The number of fused-ring (bicyclic) bond motifs is 6. The van der Waals surface area contributed by atoms with E-state index in [2.05, 4.69) is 166 Å². The number of rotatable bonds is 6. The van der Waals surface area contributed by atoms with E-state index >= 15 is 0 Å². The Morgan fingerprint density at radius 1 is 0.368 bits per heavy atom. The molecule has 8 aromatic carbocycles. The zero-order valence-corrected chi connectivity index (χ0v) is 38.9. The molecule has 7 nitrogen and oxygen atoms in total. The fourth-order valence-electron chi connectivity index (χ4n) is 9.63. The van der Waals surface area contributed by atoms with Gasteiger partial charge in [0.25, 0.3) is 0 Å². The van der Waals surface area contributed by atoms with Gasteiger partial charge >= 0.3 is 0 Å². The van der Waals surface area contributed by atoms with Gasteiger partial charge in [-0.3, -0.25) is 0 Å². The number of nitriles is 2. The third-order valence-corrected chi connectivity index (χ3v) is 13.2. The summed E-state index contributed by atoms with van der Waals surface area (Å²) >= 11 is 0. The van der Waals surface area contributed by atoms with Gasteiger partial charge in [0.1, 0.15) is 0 Å². The fraction of sp³-hybridized carbons (Fsp3) is 0.131. The van der Waals surface area contributed by atoms with Gasteiger partial charge in [-0.2, -0.15) is 10.5 Å². The number of hydrogen-bond acceptors (Lipinski definition) is 5. The lowest BCUT2D eigenvalue weighted by atomic mass is 9.86. The maximum atomic E-state index is 10.9. The van der Waals surface area contributed by atoms with Crippen molar-refractivity contribution in [2.24, 2.45) is 0 Å². The second kappa shape index (κ2) is 16.0. The van der Waals surface area contributed by atoms with E-state index < -0.39 is 0 Å². The van der Waals surface area contributed by atoms with Crippen molar-refractivity contribution in [2.75, 3.05) is 0 Å². The predicted octanol–water partition coefficient (Wildman–Crippen LogP) is 15.1. The molecular formula is C61H47N7. The van der Waals surface area contributed by atoms with E-state index in [9.17, 15) is 10.5 Å². The van der Waals surface area contributed by atoms with E-state index in [-0.39, 0.29) is 10.8 Å². The lowest BCUT2D eigenvalue weighted by molar-refractivity contribution is 0.591. The van der Waals surface area contributed by atoms with E-state index in [0.29, 0.717) is 34.2 Å². The minimum absolute atomic E-state index is 0.0139. The van der Waals surface area contributed by atoms with E-state index in [1.165, 1.54) is 21.9 Å². The average molecular weight is 878 g/mol. The second-order valence-corrected chi connectivity index (χ2v) is 19.6. The first-order chi connectivity index (χ1) is 32.9. The van der Waals surface area contributed by atoms with Gasteiger partial charge in [-0.05, 0) is 106 Å². The predicted molar refractivity (Wildman–Crippen MR) is 277 cm³/mol. The smallest absolute Gasteiger partial charge is 0.165 e. The van der Waals surface area contributed by atoms with Crippen LogP contribution in [0.5, 0.6) is 0 Å². The summed E-state index contributed by atoms with van der Waals surface area (Å²) in [6.45, 7) is 13.4. The molecule has 3 aromatic heterocycles. The molecule has 0 amide bonds. The topological polar surface area (TPSA) is 96.1 Å². The molecule has 0 spiro atoms. The van der Waals surface area contributed by atoms with Crippen molar-refractivity contribution in [3.05, 3.63) is 198 Å². The van der Waals surface area contributed by atoms with Gasteiger partial charge in [0.15, 0.2) is 17.5 Å². The van der Waals surface area contributed by atoms with E-state index in [4.69, 9.17) is 15.0 Å². The SMILES string of the molecule is CC(C)(C)c1ccc2c(c1)c1ccccc1n2-c1ccc(-c2nc(-c3ccccc3)nc(-c3ccc(-n4c5ccccc5c5cc(C(C)(C)C)ccc54)cc3-c3ccccc3C#N)n2)c(C#N)c1. The van der Waals surface area contributed by atoms with Crippen LogP contribution in [0.1, 0.15) is 63.8 Å². The van der Waals surface area contributed by atoms with Crippen molar-refractivity contribution in [2.45, 2.75) is 52.4 Å². The third-order valence-electron chi connectivity index (χ3n) is 13.2. The lowest BCUT2D eigenvalue weighted by Gasteiger charge is -2.19. The van der Waals surface area contributed by atoms with Crippen LogP contribution in [-0.2, 0) is 10.8 Å². The van der Waals surface area contributed by atoms with E-state index in [1.54, 1.807) is 0 Å². The summed E-state index contributed by atoms with van der Waals surface area (Å²) in [6, 6.07) is 65.1. The van der Waals surface area contributed by atoms with Crippen LogP contribution >= 0.6 is 0 Å². The van der Waals surface area contributed by atoms with Gasteiger partial charge < -0.3 is 9.13 Å². The summed E-state index contributed by atoms with van der Waals surface area (Å²) in [6.07, 6.45) is 0. The van der Waals surface area contributed by atoms with Crippen LogP contribution in [0, 0.1) is 22.7 Å². The second-order valence-electron chi connectivity index (χ2n) is 19.6. The van der Waals surface area contributed by atoms with Crippen molar-refractivity contribution in [1.29, 1.82) is 10.5 Å². The maximum Gasteiger partial charge on any atom is 0.165 e. The van der Waals surface area contributed by atoms with Crippen molar-refractivity contribution in [3.63, 3.8) is 0 Å². The van der Waals surface area contributed by atoms with Gasteiger partial charge in [0, 0.05) is 55.2 Å². The van der Waals surface area contributed by atoms with Crippen LogP contribution in [0.25, 0.3) is 100 Å². The molecule has 0 saturated heterocycles. The Kier molecular flexibility index (Phi) is 9.92. The molecule has 0 saturated carbocycles. The van der Waals surface area contributed by atoms with Crippen LogP contribution < -0.4 is 0 Å². The van der Waals surface area contributed by atoms with Crippen LogP contribution in [0.15, 0.2) is 176 Å². The number of hydrogen-bond donors (Lipinski definition) is 0. The van der Waals surface area contributed by atoms with Gasteiger partial charge in [0.2, 0.25) is 0 Å². The number of para-hydroxylation sites is 2. The monoisotopic (exact) mass is 877 g/mol. The molecule has 0 radical (unpaired) electrons. The van der Waals surface area contributed by atoms with Crippen molar-refractivity contribution >= 4 is 43.6 Å². The van der Waals surface area contributed by atoms with Gasteiger partial charge in [-0.25, -0.2) is 15.0 Å². The first kappa shape index (κ1) is 42.0. The number of nitrogens with zero attached hydrogens (tertiary/aromatic N) is 7. The highest BCUT2D eigenvalue weighted by Crippen LogP contribution is 2.41. The molecule has 0 unspecified atom stereocenters. The lowest BCUT2D eigenvalue weighted by Crippen LogP contribution is -2.10. The Hall–Kier alpha value is -8.65. The fourth-order valence-corrected chi connectivity index (χ4v) is 9.63. The van der Waals surface area contributed by atoms with Crippen LogP contribution in [0.2, 0.25) is 0 Å². The standard InChI is InChI=1S/C61H47N7/c1-60(2,3)41-24-30-55-51(33-41)47-20-12-14-22-53(47)67(55)43-26-28-46(40(32-43)37-63)58-64-57(38-16-8-7-9-17-38)65-59(66-58)49-29-27-44(35-50(49)45-19-11-10-18-39(45)36-62)68-54-23-15-13-21-48(54)52-34-42(61(4,5)6)25-31-56(52)68/h7-35H,1-6H3. The Bertz CT molecular complexity index is 3900. The molecule has 0 bridgehead atoms. The van der Waals surface area contributed by atoms with Crippen molar-refractivity contribution in [3.8, 4) is 68.8 Å². The van der Waals surface area contributed by atoms with Crippen molar-refractivity contribution in [1.82, 2.24) is 24.1 Å². The van der Waals surface area contributed by atoms with E-state index in [1.807, 2.05) is 72.8 Å². The largest absolute Gasteiger partial charge is 0.309 e. The molecule has 0 N–H and O–H groups in total. The molecule has 7 heteroatoms. The molecule has 0 aliphatic rings. The molecule has 0 aliphatic carbocycles. The van der Waals surface area contributed by atoms with Gasteiger partial charge in [-0.15, -0.1) is 0 Å². The highest BCUT2D eigenvalue weighted by atomic mass is 15.0. The Morgan fingerprint density at radius 3 is 1.41 bits per heavy atom. The number of aromatic nitrogens is 5. The summed E-state index contributed by atoms with van der Waals surface area (Å²) < 4.78 is 4.53. The molecule has 11 rings (SSSR count). The van der Waals surface area contributed by atoms with Crippen LogP contribution in [-0.4, -0.2) is 24.1 Å². The summed E-state index contributed by atoms with van der Waals surface area (Å²) in [4.78, 5) is 15.5. The highest BCUT2D eigenvalue weighted by Gasteiger charge is 2.24. The van der Waals surface area contributed by atoms with E-state index in [0.717, 1.165) is 66.5 Å². The minimum atomic E-state index is -0.0195. The van der Waals surface area contributed by atoms with Gasteiger partial charge in [0.05, 0.1) is 45.3 Å². The molecule has 0 fully saturated rings. The quantitative estimate of drug-likeness (QED) is 0.166. The zero-order valence-electron chi connectivity index (χ0n) is 38.9. The molecule has 0 aliphatic heterocycles. The Morgan fingerprint density at radius 2 is 0.838 bits per heavy atom. The summed E-state index contributed by atoms with van der Waals surface area (Å²) in [5, 5.41) is 26.1. The Labute approximate surface area is 395 Å². The average Bonchev–Trinajstić information content (AvgIpc) is 3.88. The maximum absolute atomic E-state index is 10.9.